The predicted octanol–water partition coefficient (Wildman–Crippen LogP) is 4.61. The van der Waals surface area contributed by atoms with Crippen molar-refractivity contribution in [1.82, 2.24) is 5.32 Å². The average Bonchev–Trinajstić information content (AvgIpc) is 2.63. The molecule has 0 aliphatic heterocycles. The number of aryl methyl sites for hydroxylation is 2. The van der Waals surface area contributed by atoms with E-state index in [0.29, 0.717) is 0 Å². The molecule has 0 bridgehead atoms. The number of halogens is 2. The molecule has 2 aromatic rings. The highest BCUT2D eigenvalue weighted by molar-refractivity contribution is 9.10. The summed E-state index contributed by atoms with van der Waals surface area (Å²) >= 11 is 3.43. The van der Waals surface area contributed by atoms with E-state index < -0.39 is 0 Å². The van der Waals surface area contributed by atoms with Crippen molar-refractivity contribution in [3.05, 3.63) is 56.7 Å². The fourth-order valence-corrected chi connectivity index (χ4v) is 3.09. The lowest BCUT2D eigenvalue weighted by atomic mass is 9.96. The van der Waals surface area contributed by atoms with E-state index in [1.807, 2.05) is 27.0 Å². The van der Waals surface area contributed by atoms with Gasteiger partial charge in [0.15, 0.2) is 0 Å². The van der Waals surface area contributed by atoms with Gasteiger partial charge in [0.05, 0.1) is 0 Å². The second-order valence-corrected chi connectivity index (χ2v) is 5.89. The molecule has 108 valence electrons. The monoisotopic (exact) mass is 339 g/mol. The zero-order chi connectivity index (χ0) is 14.9. The fourth-order valence-electron chi connectivity index (χ4n) is 2.58. The summed E-state index contributed by atoms with van der Waals surface area (Å²) in [6, 6.07) is 4.96. The third-order valence-corrected chi connectivity index (χ3v) is 4.49. The van der Waals surface area contributed by atoms with E-state index in [2.05, 4.69) is 28.2 Å². The molecule has 1 aromatic carbocycles. The van der Waals surface area contributed by atoms with Crippen molar-refractivity contribution in [2.45, 2.75) is 33.2 Å². The van der Waals surface area contributed by atoms with Gasteiger partial charge in [0.25, 0.3) is 0 Å². The first-order chi connectivity index (χ1) is 9.43. The van der Waals surface area contributed by atoms with E-state index in [-0.39, 0.29) is 11.9 Å². The summed E-state index contributed by atoms with van der Waals surface area (Å²) in [5, 5.41) is 3.33. The number of hydrogen-bond donors (Lipinski definition) is 1. The third kappa shape index (κ3) is 2.96. The van der Waals surface area contributed by atoms with Crippen LogP contribution in [0.15, 0.2) is 27.1 Å². The minimum absolute atomic E-state index is 0.147. The summed E-state index contributed by atoms with van der Waals surface area (Å²) in [5.74, 6) is 1.67. The van der Waals surface area contributed by atoms with Crippen LogP contribution in [0.1, 0.15) is 34.3 Å². The third-order valence-electron chi connectivity index (χ3n) is 3.75. The van der Waals surface area contributed by atoms with Crippen LogP contribution in [0.25, 0.3) is 0 Å². The van der Waals surface area contributed by atoms with Gasteiger partial charge in [0, 0.05) is 16.1 Å². The van der Waals surface area contributed by atoms with Crippen molar-refractivity contribution in [2.75, 3.05) is 7.05 Å². The highest BCUT2D eigenvalue weighted by Gasteiger charge is 2.21. The van der Waals surface area contributed by atoms with Gasteiger partial charge in [0.2, 0.25) is 0 Å². The highest BCUT2D eigenvalue weighted by atomic mass is 79.9. The van der Waals surface area contributed by atoms with Gasteiger partial charge < -0.3 is 9.73 Å². The minimum atomic E-state index is -0.229. The van der Waals surface area contributed by atoms with Gasteiger partial charge in [-0.15, -0.1) is 0 Å². The van der Waals surface area contributed by atoms with Crippen LogP contribution < -0.4 is 5.32 Å². The molecular weight excluding hydrogens is 321 g/mol. The average molecular weight is 340 g/mol. The summed E-state index contributed by atoms with van der Waals surface area (Å²) in [7, 11) is 1.93. The van der Waals surface area contributed by atoms with Crippen molar-refractivity contribution in [2.24, 2.45) is 0 Å². The lowest BCUT2D eigenvalue weighted by Gasteiger charge is -2.18. The summed E-state index contributed by atoms with van der Waals surface area (Å²) < 4.78 is 19.7. The number of rotatable bonds is 4. The van der Waals surface area contributed by atoms with Gasteiger partial charge in [-0.2, -0.15) is 0 Å². The number of hydrogen-bond acceptors (Lipinski definition) is 2. The molecule has 0 fully saturated rings. The molecule has 0 amide bonds. The zero-order valence-electron chi connectivity index (χ0n) is 12.2. The van der Waals surface area contributed by atoms with Crippen molar-refractivity contribution in [1.29, 1.82) is 0 Å². The molecular formula is C16H19BrFNO. The molecule has 1 heterocycles. The van der Waals surface area contributed by atoms with Crippen molar-refractivity contribution < 1.29 is 8.81 Å². The molecule has 1 unspecified atom stereocenters. The summed E-state index contributed by atoms with van der Waals surface area (Å²) in [6.45, 7) is 6.04. The van der Waals surface area contributed by atoms with Crippen molar-refractivity contribution in [3.63, 3.8) is 0 Å². The summed E-state index contributed by atoms with van der Waals surface area (Å²) in [4.78, 5) is 0. The van der Waals surface area contributed by atoms with Crippen LogP contribution in [0, 0.1) is 26.6 Å². The van der Waals surface area contributed by atoms with Gasteiger partial charge in [-0.25, -0.2) is 4.39 Å². The lowest BCUT2D eigenvalue weighted by Crippen LogP contribution is -2.20. The van der Waals surface area contributed by atoms with Crippen LogP contribution in [0.3, 0.4) is 0 Å². The molecule has 0 spiro atoms. The lowest BCUT2D eigenvalue weighted by molar-refractivity contribution is 0.489. The smallest absolute Gasteiger partial charge is 0.124 e. The Kier molecular flexibility index (Phi) is 4.66. The second-order valence-electron chi connectivity index (χ2n) is 5.03. The Morgan fingerprint density at radius 1 is 1.25 bits per heavy atom. The van der Waals surface area contributed by atoms with Crippen LogP contribution in [-0.4, -0.2) is 7.05 Å². The molecule has 0 aliphatic rings. The Labute approximate surface area is 127 Å². The molecule has 2 nitrogen and oxygen atoms in total. The van der Waals surface area contributed by atoms with Gasteiger partial charge in [-0.3, -0.25) is 0 Å². The Morgan fingerprint density at radius 2 is 1.95 bits per heavy atom. The molecule has 0 aliphatic carbocycles. The number of furan rings is 1. The molecule has 0 saturated carbocycles. The maximum Gasteiger partial charge on any atom is 0.124 e. The van der Waals surface area contributed by atoms with Crippen LogP contribution in [0.5, 0.6) is 0 Å². The molecule has 1 atom stereocenters. The topological polar surface area (TPSA) is 25.2 Å². The maximum atomic E-state index is 13.2. The predicted molar refractivity (Wildman–Crippen MR) is 82.5 cm³/mol. The largest absolute Gasteiger partial charge is 0.466 e. The van der Waals surface area contributed by atoms with E-state index in [9.17, 15) is 4.39 Å². The van der Waals surface area contributed by atoms with E-state index in [1.54, 1.807) is 0 Å². The van der Waals surface area contributed by atoms with Gasteiger partial charge in [-0.05, 0) is 57.5 Å². The second kappa shape index (κ2) is 6.10. The minimum Gasteiger partial charge on any atom is -0.466 e. The van der Waals surface area contributed by atoms with E-state index in [1.165, 1.54) is 23.3 Å². The summed E-state index contributed by atoms with van der Waals surface area (Å²) in [5.41, 5.74) is 3.45. The van der Waals surface area contributed by atoms with Crippen LogP contribution in [0.2, 0.25) is 0 Å². The van der Waals surface area contributed by atoms with Crippen molar-refractivity contribution >= 4 is 15.9 Å². The maximum absolute atomic E-state index is 13.2. The highest BCUT2D eigenvalue weighted by Crippen LogP contribution is 2.31. The van der Waals surface area contributed by atoms with Crippen LogP contribution in [0.4, 0.5) is 4.39 Å². The van der Waals surface area contributed by atoms with E-state index in [0.717, 1.165) is 28.0 Å². The molecule has 0 saturated heterocycles. The van der Waals surface area contributed by atoms with Gasteiger partial charge in [0.1, 0.15) is 17.3 Å². The van der Waals surface area contributed by atoms with Crippen LogP contribution >= 0.6 is 15.9 Å². The number of nitrogens with one attached hydrogen (secondary N) is 1. The first-order valence-electron chi connectivity index (χ1n) is 6.61. The van der Waals surface area contributed by atoms with Gasteiger partial charge >= 0.3 is 0 Å². The first kappa shape index (κ1) is 15.3. The first-order valence-corrected chi connectivity index (χ1v) is 7.41. The van der Waals surface area contributed by atoms with Gasteiger partial charge in [-0.1, -0.05) is 22.0 Å². The quantitative estimate of drug-likeness (QED) is 0.879. The molecule has 4 heteroatoms. The van der Waals surface area contributed by atoms with E-state index >= 15 is 0 Å². The Hall–Kier alpha value is -1.13. The molecule has 1 aromatic heterocycles. The zero-order valence-corrected chi connectivity index (χ0v) is 13.8. The Morgan fingerprint density at radius 3 is 2.45 bits per heavy atom. The molecule has 20 heavy (non-hydrogen) atoms. The fraction of sp³-hybridized carbons (Fsp3) is 0.375. The normalized spacial score (nSPS) is 12.7. The Balaban J connectivity index is 2.33. The molecule has 0 radical (unpaired) electrons. The standard InChI is InChI=1S/C16H19BrFNO/c1-9-10(2)20-11(3)16(9)15(19-4)7-12-5-6-13(18)8-14(12)17/h5-6,8,15,19H,7H2,1-4H3. The molecule has 1 N–H and O–H groups in total. The van der Waals surface area contributed by atoms with E-state index in [4.69, 9.17) is 4.42 Å². The SMILES string of the molecule is CNC(Cc1ccc(F)cc1Br)c1c(C)oc(C)c1C. The van der Waals surface area contributed by atoms with Crippen molar-refractivity contribution in [3.8, 4) is 0 Å². The number of likely N-dealkylation sites (N-methyl/N-ethyl adjacent to an activating group) is 1. The molecule has 2 rings (SSSR count). The summed E-state index contributed by atoms with van der Waals surface area (Å²) in [6.07, 6.45) is 0.776. The Bertz CT molecular complexity index is 621. The van der Waals surface area contributed by atoms with Crippen LogP contribution in [-0.2, 0) is 6.42 Å². The number of benzene rings is 1.